The van der Waals surface area contributed by atoms with Crippen LogP contribution >= 0.6 is 12.2 Å². The lowest BCUT2D eigenvalue weighted by Gasteiger charge is -2.11. The number of hydrogen-bond donors (Lipinski definition) is 1. The summed E-state index contributed by atoms with van der Waals surface area (Å²) in [5.41, 5.74) is 5.43. The molecular weight excluding hydrogens is 312 g/mol. The number of para-hydroxylation sites is 1. The third-order valence-electron chi connectivity index (χ3n) is 4.01. The van der Waals surface area contributed by atoms with E-state index in [0.29, 0.717) is 4.99 Å². The second kappa shape index (κ2) is 6.30. The number of thiocarbonyl (C=S) groups is 1. The zero-order valence-electron chi connectivity index (χ0n) is 13.0. The molecule has 0 amide bonds. The normalized spacial score (nSPS) is 10.7. The van der Waals surface area contributed by atoms with Crippen molar-refractivity contribution in [1.82, 2.24) is 4.40 Å². The van der Waals surface area contributed by atoms with Crippen LogP contribution in [0.25, 0.3) is 16.6 Å². The Kier molecular flexibility index (Phi) is 3.85. The van der Waals surface area contributed by atoms with E-state index >= 15 is 0 Å². The summed E-state index contributed by atoms with van der Waals surface area (Å²) in [4.78, 5) is 0.714. The van der Waals surface area contributed by atoms with Crippen molar-refractivity contribution in [3.8, 4) is 11.1 Å². The summed E-state index contributed by atoms with van der Waals surface area (Å²) in [6, 6.07) is 28.7. The Hall–Kier alpha value is -2.91. The topological polar surface area (TPSA) is 16.4 Å². The van der Waals surface area contributed by atoms with E-state index in [1.54, 1.807) is 0 Å². The molecule has 3 heteroatoms. The van der Waals surface area contributed by atoms with Crippen molar-refractivity contribution in [2.75, 3.05) is 5.32 Å². The summed E-state index contributed by atoms with van der Waals surface area (Å²) in [5, 5.41) is 3.36. The van der Waals surface area contributed by atoms with E-state index in [1.165, 1.54) is 0 Å². The van der Waals surface area contributed by atoms with Crippen molar-refractivity contribution < 1.29 is 0 Å². The highest BCUT2D eigenvalue weighted by Gasteiger charge is 2.15. The molecule has 0 unspecified atom stereocenters. The van der Waals surface area contributed by atoms with Gasteiger partial charge in [0.1, 0.15) is 4.99 Å². The van der Waals surface area contributed by atoms with Crippen LogP contribution in [0.5, 0.6) is 0 Å². The molecule has 2 nitrogen and oxygen atoms in total. The van der Waals surface area contributed by atoms with Crippen LogP contribution in [0.3, 0.4) is 0 Å². The van der Waals surface area contributed by atoms with Crippen LogP contribution in [-0.2, 0) is 0 Å². The number of nitrogens with one attached hydrogen (secondary N) is 1. The fraction of sp³-hybridized carbons (Fsp3) is 0. The van der Waals surface area contributed by atoms with Crippen molar-refractivity contribution in [1.29, 1.82) is 0 Å². The van der Waals surface area contributed by atoms with E-state index < -0.39 is 0 Å². The van der Waals surface area contributed by atoms with Crippen molar-refractivity contribution in [3.05, 3.63) is 96.8 Å². The molecule has 4 rings (SSSR count). The molecule has 0 fully saturated rings. The summed E-state index contributed by atoms with van der Waals surface area (Å²) in [6.07, 6.45) is 2.05. The number of pyridine rings is 1. The van der Waals surface area contributed by atoms with E-state index in [9.17, 15) is 0 Å². The Labute approximate surface area is 146 Å². The highest BCUT2D eigenvalue weighted by molar-refractivity contribution is 7.81. The Bertz CT molecular complexity index is 988. The maximum absolute atomic E-state index is 5.74. The predicted molar refractivity (Wildman–Crippen MR) is 105 cm³/mol. The number of aromatic nitrogens is 1. The summed E-state index contributed by atoms with van der Waals surface area (Å²) in [7, 11) is 0. The first-order chi connectivity index (χ1) is 11.8. The number of fused-ring (bicyclic) bond motifs is 1. The molecule has 4 aromatic rings. The number of nitrogens with zero attached hydrogens (tertiary/aromatic N) is 1. The molecule has 0 atom stereocenters. The molecule has 0 saturated heterocycles. The first-order valence-corrected chi connectivity index (χ1v) is 8.26. The molecule has 2 aromatic heterocycles. The number of rotatable bonds is 3. The molecule has 2 heterocycles. The monoisotopic (exact) mass is 328 g/mol. The van der Waals surface area contributed by atoms with E-state index in [1.807, 2.05) is 48.5 Å². The molecule has 0 aliphatic rings. The highest BCUT2D eigenvalue weighted by Crippen LogP contribution is 2.28. The molecule has 24 heavy (non-hydrogen) atoms. The van der Waals surface area contributed by atoms with Gasteiger partial charge in [0.15, 0.2) is 0 Å². The Morgan fingerprint density at radius 1 is 0.792 bits per heavy atom. The van der Waals surface area contributed by atoms with Gasteiger partial charge in [-0.25, -0.2) is 0 Å². The molecular formula is C21H16N2S. The molecule has 0 aliphatic carbocycles. The Morgan fingerprint density at radius 2 is 1.46 bits per heavy atom. The second-order valence-electron chi connectivity index (χ2n) is 5.59. The van der Waals surface area contributed by atoms with Crippen LogP contribution in [0.15, 0.2) is 91.1 Å². The summed E-state index contributed by atoms with van der Waals surface area (Å²) < 4.78 is 2.14. The quantitative estimate of drug-likeness (QED) is 0.507. The van der Waals surface area contributed by atoms with Gasteiger partial charge in [0.2, 0.25) is 0 Å². The lowest BCUT2D eigenvalue weighted by Crippen LogP contribution is -2.14. The van der Waals surface area contributed by atoms with Crippen LogP contribution < -0.4 is 5.32 Å². The van der Waals surface area contributed by atoms with E-state index in [4.69, 9.17) is 12.2 Å². The molecule has 0 radical (unpaired) electrons. The molecule has 116 valence electrons. The molecule has 1 N–H and O–H groups in total. The van der Waals surface area contributed by atoms with Crippen LogP contribution in [0.2, 0.25) is 0 Å². The smallest absolute Gasteiger partial charge is 0.128 e. The van der Waals surface area contributed by atoms with E-state index in [2.05, 4.69) is 52.3 Å². The van der Waals surface area contributed by atoms with Gasteiger partial charge in [-0.15, -0.1) is 0 Å². The standard InChI is InChI=1S/C21H16N2S/c24-21(22-17-11-5-2-6-12-17)20-19(16-9-3-1-4-10-16)15-18-13-7-8-14-23(18)20/h1-15H,(H,22,24). The third-order valence-corrected chi connectivity index (χ3v) is 4.31. The van der Waals surface area contributed by atoms with Gasteiger partial charge >= 0.3 is 0 Å². The van der Waals surface area contributed by atoms with Crippen molar-refractivity contribution in [3.63, 3.8) is 0 Å². The van der Waals surface area contributed by atoms with Crippen LogP contribution in [0.4, 0.5) is 5.69 Å². The first kappa shape index (κ1) is 14.7. The number of anilines is 1. The largest absolute Gasteiger partial charge is 0.345 e. The van der Waals surface area contributed by atoms with Gasteiger partial charge in [-0.2, -0.15) is 0 Å². The minimum absolute atomic E-state index is 0.714. The zero-order valence-corrected chi connectivity index (χ0v) is 13.8. The highest BCUT2D eigenvalue weighted by atomic mass is 32.1. The Morgan fingerprint density at radius 3 is 2.21 bits per heavy atom. The van der Waals surface area contributed by atoms with Crippen LogP contribution in [0, 0.1) is 0 Å². The summed E-state index contributed by atoms with van der Waals surface area (Å²) >= 11 is 5.74. The maximum Gasteiger partial charge on any atom is 0.128 e. The second-order valence-corrected chi connectivity index (χ2v) is 6.00. The lowest BCUT2D eigenvalue weighted by atomic mass is 10.1. The van der Waals surface area contributed by atoms with Gasteiger partial charge in [-0.3, -0.25) is 0 Å². The van der Waals surface area contributed by atoms with Gasteiger partial charge < -0.3 is 9.72 Å². The van der Waals surface area contributed by atoms with Crippen molar-refractivity contribution in [2.24, 2.45) is 0 Å². The summed E-state index contributed by atoms with van der Waals surface area (Å²) in [5.74, 6) is 0. The van der Waals surface area contributed by atoms with Gasteiger partial charge in [0.25, 0.3) is 0 Å². The minimum atomic E-state index is 0.714. The number of benzene rings is 2. The van der Waals surface area contributed by atoms with Crippen molar-refractivity contribution in [2.45, 2.75) is 0 Å². The molecule has 0 spiro atoms. The van der Waals surface area contributed by atoms with Gasteiger partial charge in [0.05, 0.1) is 5.69 Å². The average molecular weight is 328 g/mol. The SMILES string of the molecule is S=C(Nc1ccccc1)c1c(-c2ccccc2)cc2ccccn12. The van der Waals surface area contributed by atoms with E-state index in [0.717, 1.165) is 28.0 Å². The van der Waals surface area contributed by atoms with Gasteiger partial charge in [0, 0.05) is 23.0 Å². The first-order valence-electron chi connectivity index (χ1n) is 7.85. The minimum Gasteiger partial charge on any atom is -0.345 e. The van der Waals surface area contributed by atoms with Gasteiger partial charge in [-0.1, -0.05) is 66.8 Å². The number of hydrogen-bond acceptors (Lipinski definition) is 1. The third kappa shape index (κ3) is 2.70. The van der Waals surface area contributed by atoms with Crippen molar-refractivity contribution >= 4 is 28.4 Å². The molecule has 2 aromatic carbocycles. The van der Waals surface area contributed by atoms with Gasteiger partial charge in [-0.05, 0) is 35.9 Å². The fourth-order valence-corrected chi connectivity index (χ4v) is 3.23. The molecule has 0 aliphatic heterocycles. The van der Waals surface area contributed by atoms with Crippen LogP contribution in [0.1, 0.15) is 5.69 Å². The predicted octanol–water partition coefficient (Wildman–Crippen LogP) is 5.39. The Balaban J connectivity index is 1.85. The maximum atomic E-state index is 5.74. The summed E-state index contributed by atoms with van der Waals surface area (Å²) in [6.45, 7) is 0. The molecule has 0 saturated carbocycles. The average Bonchev–Trinajstić information content (AvgIpc) is 3.03. The molecule has 0 bridgehead atoms. The zero-order chi connectivity index (χ0) is 16.4. The van der Waals surface area contributed by atoms with E-state index in [-0.39, 0.29) is 0 Å². The fourth-order valence-electron chi connectivity index (χ4n) is 2.90. The van der Waals surface area contributed by atoms with Crippen LogP contribution in [-0.4, -0.2) is 9.39 Å². The lowest BCUT2D eigenvalue weighted by molar-refractivity contribution is 1.18.